The first-order valence-electron chi connectivity index (χ1n) is 8.47. The van der Waals surface area contributed by atoms with Crippen LogP contribution in [0.1, 0.15) is 0 Å². The van der Waals surface area contributed by atoms with Crippen molar-refractivity contribution in [3.63, 3.8) is 0 Å². The highest BCUT2D eigenvalue weighted by atomic mass is 16.2. The molecule has 4 aromatic rings. The molecule has 142 valence electrons. The Bertz CT molecular complexity index is 1290. The van der Waals surface area contributed by atoms with Crippen LogP contribution >= 0.6 is 0 Å². The molecule has 0 atom stereocenters. The van der Waals surface area contributed by atoms with Crippen molar-refractivity contribution >= 4 is 22.9 Å². The summed E-state index contributed by atoms with van der Waals surface area (Å²) in [5.74, 6) is -0.00473. The van der Waals surface area contributed by atoms with E-state index >= 15 is 0 Å². The van der Waals surface area contributed by atoms with E-state index in [0.717, 1.165) is 15.8 Å². The van der Waals surface area contributed by atoms with E-state index in [9.17, 15) is 14.4 Å². The number of rotatable bonds is 4. The third-order valence-corrected chi connectivity index (χ3v) is 4.46. The molecule has 0 aliphatic heterocycles. The van der Waals surface area contributed by atoms with Crippen molar-refractivity contribution < 1.29 is 4.79 Å². The highest BCUT2D eigenvalue weighted by molar-refractivity contribution is 5.91. The van der Waals surface area contributed by atoms with E-state index in [1.54, 1.807) is 6.07 Å². The lowest BCUT2D eigenvalue weighted by Crippen LogP contribution is -2.37. The summed E-state index contributed by atoms with van der Waals surface area (Å²) >= 11 is 0. The number of carbonyl (C=O) groups excluding carboxylic acids is 1. The van der Waals surface area contributed by atoms with Gasteiger partial charge in [-0.2, -0.15) is 5.10 Å². The van der Waals surface area contributed by atoms with Gasteiger partial charge in [0.2, 0.25) is 5.91 Å². The van der Waals surface area contributed by atoms with E-state index in [-0.39, 0.29) is 23.6 Å². The fraction of sp³-hybridized carbons (Fsp3) is 0.167. The first-order valence-corrected chi connectivity index (χ1v) is 8.47. The second-order valence-corrected chi connectivity index (χ2v) is 6.33. The van der Waals surface area contributed by atoms with Gasteiger partial charge in [-0.1, -0.05) is 30.3 Å². The van der Waals surface area contributed by atoms with Gasteiger partial charge in [0.25, 0.3) is 5.56 Å². The lowest BCUT2D eigenvalue weighted by Gasteiger charge is -2.06. The number of fused-ring (bicyclic) bond motifs is 1. The monoisotopic (exact) mass is 379 g/mol. The van der Waals surface area contributed by atoms with Crippen molar-refractivity contribution in [3.05, 3.63) is 63.6 Å². The predicted octanol–water partition coefficient (Wildman–Crippen LogP) is 0.462. The summed E-state index contributed by atoms with van der Waals surface area (Å²) in [7, 11) is 2.91. The number of anilines is 1. The molecule has 0 aliphatic rings. The first-order chi connectivity index (χ1) is 13.5. The Kier molecular flexibility index (Phi) is 4.15. The Morgan fingerprint density at radius 1 is 1.14 bits per heavy atom. The molecule has 0 saturated carbocycles. The van der Waals surface area contributed by atoms with Crippen molar-refractivity contribution in [3.8, 4) is 11.3 Å². The average molecular weight is 379 g/mol. The molecule has 10 heteroatoms. The zero-order chi connectivity index (χ0) is 19.8. The smallest absolute Gasteiger partial charge is 0.315 e. The van der Waals surface area contributed by atoms with E-state index in [1.165, 1.54) is 29.6 Å². The summed E-state index contributed by atoms with van der Waals surface area (Å²) in [6.45, 7) is -0.141. The van der Waals surface area contributed by atoms with Crippen LogP contribution in [0.5, 0.6) is 0 Å². The zero-order valence-electron chi connectivity index (χ0n) is 15.2. The summed E-state index contributed by atoms with van der Waals surface area (Å²) in [5, 5.41) is 9.65. The van der Waals surface area contributed by atoms with E-state index in [2.05, 4.69) is 20.5 Å². The maximum atomic E-state index is 12.4. The predicted molar refractivity (Wildman–Crippen MR) is 103 cm³/mol. The van der Waals surface area contributed by atoms with Crippen LogP contribution in [0.15, 0.2) is 52.3 Å². The summed E-state index contributed by atoms with van der Waals surface area (Å²) in [6.07, 6.45) is 1.37. The summed E-state index contributed by atoms with van der Waals surface area (Å²) in [5.41, 5.74) is 1.15. The Balaban J connectivity index is 1.58. The van der Waals surface area contributed by atoms with Crippen LogP contribution in [0, 0.1) is 0 Å². The molecule has 1 aromatic carbocycles. The van der Waals surface area contributed by atoms with Gasteiger partial charge >= 0.3 is 5.69 Å². The fourth-order valence-corrected chi connectivity index (χ4v) is 3.01. The number of carbonyl (C=O) groups is 1. The fourth-order valence-electron chi connectivity index (χ4n) is 3.01. The highest BCUT2D eigenvalue weighted by Gasteiger charge is 2.16. The number of aromatic nitrogens is 6. The van der Waals surface area contributed by atoms with Gasteiger partial charge in [-0.25, -0.2) is 9.78 Å². The van der Waals surface area contributed by atoms with E-state index in [1.807, 2.05) is 30.3 Å². The number of amides is 1. The molecule has 0 unspecified atom stereocenters. The van der Waals surface area contributed by atoms with E-state index < -0.39 is 11.2 Å². The number of hydrogen-bond donors (Lipinski definition) is 2. The van der Waals surface area contributed by atoms with Gasteiger partial charge in [0.05, 0.1) is 12.0 Å². The standard InChI is InChI=1S/C18H17N7O3/c1-23-16-15(17(27)24(2)18(23)28)25(10-19-16)9-14(26)20-13-8-12(21-22-13)11-6-4-3-5-7-11/h3-8,10H,9H2,1-2H3,(H2,20,21,22,26). The number of aryl methyl sites for hydroxylation is 1. The van der Waals surface area contributed by atoms with Crippen LogP contribution in [-0.4, -0.2) is 34.8 Å². The molecule has 3 aromatic heterocycles. The molecule has 4 rings (SSSR count). The third-order valence-electron chi connectivity index (χ3n) is 4.46. The van der Waals surface area contributed by atoms with Gasteiger partial charge in [-0.05, 0) is 5.56 Å². The normalized spacial score (nSPS) is 11.1. The molecule has 0 radical (unpaired) electrons. The number of hydrogen-bond acceptors (Lipinski definition) is 5. The molecular formula is C18H17N7O3. The molecular weight excluding hydrogens is 362 g/mol. The molecule has 0 saturated heterocycles. The van der Waals surface area contributed by atoms with Crippen molar-refractivity contribution in [2.45, 2.75) is 6.54 Å². The minimum Gasteiger partial charge on any atom is -0.315 e. The van der Waals surface area contributed by atoms with E-state index in [4.69, 9.17) is 0 Å². The number of nitrogens with one attached hydrogen (secondary N) is 2. The second kappa shape index (κ2) is 6.65. The Morgan fingerprint density at radius 2 is 1.89 bits per heavy atom. The van der Waals surface area contributed by atoms with Gasteiger partial charge in [0.15, 0.2) is 17.0 Å². The minimum absolute atomic E-state index is 0.141. The maximum absolute atomic E-state index is 12.4. The molecule has 0 spiro atoms. The minimum atomic E-state index is -0.505. The number of imidazole rings is 1. The zero-order valence-corrected chi connectivity index (χ0v) is 15.2. The lowest BCUT2D eigenvalue weighted by atomic mass is 10.2. The molecule has 0 bridgehead atoms. The van der Waals surface area contributed by atoms with Gasteiger partial charge in [-0.15, -0.1) is 0 Å². The Labute approximate surface area is 158 Å². The van der Waals surface area contributed by atoms with Crippen molar-refractivity contribution in [1.29, 1.82) is 0 Å². The Morgan fingerprint density at radius 3 is 2.64 bits per heavy atom. The largest absolute Gasteiger partial charge is 0.332 e. The number of nitrogens with zero attached hydrogens (tertiary/aromatic N) is 5. The van der Waals surface area contributed by atoms with Crippen LogP contribution in [0.2, 0.25) is 0 Å². The highest BCUT2D eigenvalue weighted by Crippen LogP contribution is 2.19. The SMILES string of the molecule is Cn1c(=O)c2c(ncn2CC(=O)Nc2cc(-c3ccccc3)[nH]n2)n(C)c1=O. The Hall–Kier alpha value is -3.95. The average Bonchev–Trinajstić information content (AvgIpc) is 3.33. The molecule has 3 heterocycles. The molecule has 1 amide bonds. The molecule has 28 heavy (non-hydrogen) atoms. The summed E-state index contributed by atoms with van der Waals surface area (Å²) in [4.78, 5) is 40.9. The van der Waals surface area contributed by atoms with Crippen LogP contribution in [-0.2, 0) is 25.4 Å². The molecule has 0 aliphatic carbocycles. The van der Waals surface area contributed by atoms with Gasteiger partial charge < -0.3 is 9.88 Å². The van der Waals surface area contributed by atoms with Crippen molar-refractivity contribution in [1.82, 2.24) is 28.9 Å². The number of benzene rings is 1. The van der Waals surface area contributed by atoms with Gasteiger partial charge in [0, 0.05) is 20.2 Å². The maximum Gasteiger partial charge on any atom is 0.332 e. The summed E-state index contributed by atoms with van der Waals surface area (Å²) < 4.78 is 3.67. The lowest BCUT2D eigenvalue weighted by molar-refractivity contribution is -0.116. The van der Waals surface area contributed by atoms with Crippen molar-refractivity contribution in [2.24, 2.45) is 14.1 Å². The van der Waals surface area contributed by atoms with Crippen molar-refractivity contribution in [2.75, 3.05) is 5.32 Å². The number of H-pyrrole nitrogens is 1. The van der Waals surface area contributed by atoms with Gasteiger partial charge in [0.1, 0.15) is 6.54 Å². The molecule has 10 nitrogen and oxygen atoms in total. The second-order valence-electron chi connectivity index (χ2n) is 6.33. The van der Waals surface area contributed by atoms with E-state index in [0.29, 0.717) is 5.82 Å². The van der Waals surface area contributed by atoms with Crippen LogP contribution in [0.4, 0.5) is 5.82 Å². The first kappa shape index (κ1) is 17.5. The van der Waals surface area contributed by atoms with Gasteiger partial charge in [-0.3, -0.25) is 23.8 Å². The third kappa shape index (κ3) is 2.90. The molecule has 0 fully saturated rings. The topological polar surface area (TPSA) is 120 Å². The van der Waals surface area contributed by atoms with Crippen LogP contribution in [0.3, 0.4) is 0 Å². The number of aromatic amines is 1. The summed E-state index contributed by atoms with van der Waals surface area (Å²) in [6, 6.07) is 11.3. The van der Waals surface area contributed by atoms with Crippen LogP contribution in [0.25, 0.3) is 22.4 Å². The molecule has 2 N–H and O–H groups in total. The quantitative estimate of drug-likeness (QED) is 0.534. The van der Waals surface area contributed by atoms with Crippen LogP contribution < -0.4 is 16.6 Å².